The van der Waals surface area contributed by atoms with E-state index in [-0.39, 0.29) is 0 Å². The van der Waals surface area contributed by atoms with Crippen molar-refractivity contribution in [1.82, 2.24) is 9.97 Å². The molecule has 2 heteroatoms. The molecule has 0 aliphatic carbocycles. The Balaban J connectivity index is 2.57. The van der Waals surface area contributed by atoms with Gasteiger partial charge in [-0.1, -0.05) is 11.6 Å². The van der Waals surface area contributed by atoms with Crippen molar-refractivity contribution in [2.75, 3.05) is 0 Å². The Morgan fingerprint density at radius 3 is 2.93 bits per heavy atom. The predicted octanol–water partition coefficient (Wildman–Crippen LogP) is 3.09. The summed E-state index contributed by atoms with van der Waals surface area (Å²) in [4.78, 5) is 8.82. The van der Waals surface area contributed by atoms with Crippen LogP contribution in [0.1, 0.15) is 5.56 Å². The smallest absolute Gasteiger partial charge is 0.0811 e. The molecule has 3 rings (SSSR count). The first-order chi connectivity index (χ1) is 7.34. The molecule has 0 aliphatic heterocycles. The van der Waals surface area contributed by atoms with E-state index in [4.69, 9.17) is 0 Å². The van der Waals surface area contributed by atoms with Crippen LogP contribution in [0.5, 0.6) is 0 Å². The summed E-state index contributed by atoms with van der Waals surface area (Å²) in [6, 6.07) is 10.2. The van der Waals surface area contributed by atoms with Crippen LogP contribution in [0.2, 0.25) is 0 Å². The Hall–Kier alpha value is -1.96. The molecule has 2 heterocycles. The maximum Gasteiger partial charge on any atom is 0.0811 e. The fourth-order valence-corrected chi connectivity index (χ4v) is 1.84. The van der Waals surface area contributed by atoms with E-state index in [1.165, 1.54) is 5.56 Å². The molecule has 3 aromatic rings. The van der Waals surface area contributed by atoms with E-state index in [0.29, 0.717) is 0 Å². The minimum atomic E-state index is 1.01. The molecule has 0 amide bonds. The number of fused-ring (bicyclic) bond motifs is 3. The van der Waals surface area contributed by atoms with Gasteiger partial charge < -0.3 is 0 Å². The van der Waals surface area contributed by atoms with Gasteiger partial charge in [0.2, 0.25) is 0 Å². The zero-order chi connectivity index (χ0) is 10.3. The van der Waals surface area contributed by atoms with Gasteiger partial charge in [0, 0.05) is 23.2 Å². The Morgan fingerprint density at radius 2 is 2.00 bits per heavy atom. The maximum atomic E-state index is 4.41. The number of hydrogen-bond donors (Lipinski definition) is 0. The second kappa shape index (κ2) is 3.02. The quantitative estimate of drug-likeness (QED) is 0.514. The number of rotatable bonds is 0. The summed E-state index contributed by atoms with van der Waals surface area (Å²) in [7, 11) is 0. The second-order valence-corrected chi connectivity index (χ2v) is 3.72. The molecule has 0 bridgehead atoms. The van der Waals surface area contributed by atoms with Crippen molar-refractivity contribution in [3.8, 4) is 0 Å². The number of benzene rings is 1. The van der Waals surface area contributed by atoms with Crippen LogP contribution in [0, 0.1) is 6.92 Å². The van der Waals surface area contributed by atoms with E-state index in [9.17, 15) is 0 Å². The lowest BCUT2D eigenvalue weighted by molar-refractivity contribution is 1.37. The van der Waals surface area contributed by atoms with Crippen molar-refractivity contribution >= 4 is 21.8 Å². The summed E-state index contributed by atoms with van der Waals surface area (Å²) in [6.45, 7) is 2.08. The molecule has 15 heavy (non-hydrogen) atoms. The van der Waals surface area contributed by atoms with E-state index >= 15 is 0 Å². The topological polar surface area (TPSA) is 25.8 Å². The Kier molecular flexibility index (Phi) is 1.68. The molecule has 72 valence electrons. The van der Waals surface area contributed by atoms with E-state index < -0.39 is 0 Å². The molecule has 0 radical (unpaired) electrons. The molecule has 0 saturated carbocycles. The highest BCUT2D eigenvalue weighted by Gasteiger charge is 2.01. The molecule has 0 fully saturated rings. The van der Waals surface area contributed by atoms with Crippen LogP contribution in [0.3, 0.4) is 0 Å². The van der Waals surface area contributed by atoms with Crippen molar-refractivity contribution in [2.24, 2.45) is 0 Å². The van der Waals surface area contributed by atoms with E-state index in [2.05, 4.69) is 29.0 Å². The first-order valence-corrected chi connectivity index (χ1v) is 4.95. The molecular formula is C13H10N2. The maximum absolute atomic E-state index is 4.41. The standard InChI is InChI=1S/C13H10N2/c1-9-4-5-12-11(7-9)13-10(8-15-12)3-2-6-14-13/h2-8H,1H3. The number of aromatic nitrogens is 2. The Bertz CT molecular complexity index is 644. The third-order valence-electron chi connectivity index (χ3n) is 2.59. The Morgan fingerprint density at radius 1 is 1.07 bits per heavy atom. The summed E-state index contributed by atoms with van der Waals surface area (Å²) in [5.41, 5.74) is 3.28. The first kappa shape index (κ1) is 8.36. The van der Waals surface area contributed by atoms with Gasteiger partial charge in [0.1, 0.15) is 0 Å². The lowest BCUT2D eigenvalue weighted by Crippen LogP contribution is -1.85. The highest BCUT2D eigenvalue weighted by Crippen LogP contribution is 2.21. The minimum Gasteiger partial charge on any atom is -0.255 e. The summed E-state index contributed by atoms with van der Waals surface area (Å²) in [5, 5.41) is 2.23. The number of nitrogens with zero attached hydrogens (tertiary/aromatic N) is 2. The molecule has 0 N–H and O–H groups in total. The first-order valence-electron chi connectivity index (χ1n) is 4.95. The van der Waals surface area contributed by atoms with Gasteiger partial charge in [0.05, 0.1) is 11.0 Å². The van der Waals surface area contributed by atoms with E-state index in [1.54, 1.807) is 0 Å². The minimum absolute atomic E-state index is 1.01. The summed E-state index contributed by atoms with van der Waals surface area (Å²) < 4.78 is 0. The van der Waals surface area contributed by atoms with Crippen molar-refractivity contribution in [1.29, 1.82) is 0 Å². The van der Waals surface area contributed by atoms with Crippen molar-refractivity contribution in [3.05, 3.63) is 48.3 Å². The molecule has 0 aliphatic rings. The highest BCUT2D eigenvalue weighted by molar-refractivity contribution is 6.02. The van der Waals surface area contributed by atoms with Gasteiger partial charge in [-0.2, -0.15) is 0 Å². The van der Waals surface area contributed by atoms with Crippen molar-refractivity contribution < 1.29 is 0 Å². The normalized spacial score (nSPS) is 11.0. The zero-order valence-electron chi connectivity index (χ0n) is 8.44. The van der Waals surface area contributed by atoms with Crippen LogP contribution >= 0.6 is 0 Å². The third kappa shape index (κ3) is 1.26. The van der Waals surface area contributed by atoms with Gasteiger partial charge in [-0.25, -0.2) is 0 Å². The lowest BCUT2D eigenvalue weighted by Gasteiger charge is -2.02. The summed E-state index contributed by atoms with van der Waals surface area (Å²) in [5.74, 6) is 0. The fraction of sp³-hybridized carbons (Fsp3) is 0.0769. The average Bonchev–Trinajstić information content (AvgIpc) is 2.29. The van der Waals surface area contributed by atoms with Gasteiger partial charge >= 0.3 is 0 Å². The van der Waals surface area contributed by atoms with Crippen LogP contribution in [-0.2, 0) is 0 Å². The molecule has 2 aromatic heterocycles. The van der Waals surface area contributed by atoms with Crippen LogP contribution in [0.25, 0.3) is 21.8 Å². The second-order valence-electron chi connectivity index (χ2n) is 3.72. The number of pyridine rings is 2. The molecule has 0 unspecified atom stereocenters. The third-order valence-corrected chi connectivity index (χ3v) is 2.59. The number of aryl methyl sites for hydroxylation is 1. The van der Waals surface area contributed by atoms with Crippen LogP contribution in [0.4, 0.5) is 0 Å². The SMILES string of the molecule is Cc1ccc2ncc3cccnc3c2c1. The van der Waals surface area contributed by atoms with Crippen molar-refractivity contribution in [2.45, 2.75) is 6.92 Å². The van der Waals surface area contributed by atoms with Gasteiger partial charge in [-0.3, -0.25) is 9.97 Å². The summed E-state index contributed by atoms with van der Waals surface area (Å²) in [6.07, 6.45) is 3.70. The van der Waals surface area contributed by atoms with Gasteiger partial charge in [0.15, 0.2) is 0 Å². The zero-order valence-corrected chi connectivity index (χ0v) is 8.44. The molecule has 1 aromatic carbocycles. The lowest BCUT2D eigenvalue weighted by atomic mass is 10.1. The predicted molar refractivity (Wildman–Crippen MR) is 61.8 cm³/mol. The molecule has 0 saturated heterocycles. The van der Waals surface area contributed by atoms with Gasteiger partial charge in [-0.15, -0.1) is 0 Å². The van der Waals surface area contributed by atoms with Crippen LogP contribution in [0.15, 0.2) is 42.7 Å². The number of hydrogen-bond acceptors (Lipinski definition) is 2. The van der Waals surface area contributed by atoms with E-state index in [1.807, 2.05) is 30.6 Å². The highest BCUT2D eigenvalue weighted by atomic mass is 14.7. The van der Waals surface area contributed by atoms with E-state index in [0.717, 1.165) is 21.8 Å². The van der Waals surface area contributed by atoms with Crippen LogP contribution in [-0.4, -0.2) is 9.97 Å². The monoisotopic (exact) mass is 194 g/mol. The van der Waals surface area contributed by atoms with Gasteiger partial charge in [0.25, 0.3) is 0 Å². The molecule has 2 nitrogen and oxygen atoms in total. The summed E-state index contributed by atoms with van der Waals surface area (Å²) >= 11 is 0. The fourth-order valence-electron chi connectivity index (χ4n) is 1.84. The average molecular weight is 194 g/mol. The van der Waals surface area contributed by atoms with Gasteiger partial charge in [-0.05, 0) is 31.2 Å². The molecular weight excluding hydrogens is 184 g/mol. The Labute approximate surface area is 87.6 Å². The largest absolute Gasteiger partial charge is 0.255 e. The van der Waals surface area contributed by atoms with Crippen molar-refractivity contribution in [3.63, 3.8) is 0 Å². The van der Waals surface area contributed by atoms with Crippen LogP contribution < -0.4 is 0 Å². The molecule has 0 spiro atoms. The molecule has 0 atom stereocenters.